The molecule has 3 heterocycles. The fourth-order valence-electron chi connectivity index (χ4n) is 5.47. The van der Waals surface area contributed by atoms with Gasteiger partial charge in [-0.05, 0) is 62.6 Å². The average Bonchev–Trinajstić information content (AvgIpc) is 3.52. The van der Waals surface area contributed by atoms with Crippen LogP contribution in [0.2, 0.25) is 0 Å². The van der Waals surface area contributed by atoms with Crippen LogP contribution in [-0.2, 0) is 14.4 Å². The molecule has 0 spiro atoms. The number of carbonyl (C=O) groups excluding carboxylic acids is 3. The van der Waals surface area contributed by atoms with Crippen LogP contribution in [0.4, 0.5) is 17.2 Å². The average molecular weight is 613 g/mol. The van der Waals surface area contributed by atoms with Gasteiger partial charge in [0.2, 0.25) is 17.7 Å². The van der Waals surface area contributed by atoms with Gasteiger partial charge in [-0.2, -0.15) is 0 Å². The molecule has 3 atom stereocenters. The minimum atomic E-state index is -0.805. The number of amides is 3. The van der Waals surface area contributed by atoms with Gasteiger partial charge in [-0.3, -0.25) is 19.4 Å². The molecule has 4 N–H and O–H groups in total. The van der Waals surface area contributed by atoms with Crippen molar-refractivity contribution in [2.75, 3.05) is 31.3 Å². The number of likely N-dealkylation sites (tertiary alicyclic amines) is 1. The van der Waals surface area contributed by atoms with E-state index in [0.29, 0.717) is 47.5 Å². The van der Waals surface area contributed by atoms with Crippen molar-refractivity contribution in [3.05, 3.63) is 55.0 Å². The number of hydrogen-bond acceptors (Lipinski definition) is 9. The lowest BCUT2D eigenvalue weighted by Gasteiger charge is -2.36. The number of rotatable bonds is 9. The molecule has 0 saturated carbocycles. The number of methoxy groups -OCH3 is 1. The number of aromatic nitrogens is 3. The summed E-state index contributed by atoms with van der Waals surface area (Å²) < 4.78 is 5.62. The second-order valence-corrected chi connectivity index (χ2v) is 12.3. The number of carbonyl (C=O) groups is 3. The van der Waals surface area contributed by atoms with Gasteiger partial charge in [0.05, 0.1) is 29.9 Å². The monoisotopic (exact) mass is 612 g/mol. The van der Waals surface area contributed by atoms with E-state index in [1.807, 2.05) is 51.1 Å². The summed E-state index contributed by atoms with van der Waals surface area (Å²) in [5.74, 6) is 0.0775. The van der Waals surface area contributed by atoms with Crippen LogP contribution in [0.5, 0.6) is 5.75 Å². The number of ether oxygens (including phenoxy) is 1. The number of fused-ring (bicyclic) bond motifs is 2. The molecule has 3 amide bonds. The predicted octanol–water partition coefficient (Wildman–Crippen LogP) is 4.00. The molecule has 1 aliphatic heterocycles. The minimum absolute atomic E-state index is 0.279. The number of likely N-dealkylation sites (N-methyl/N-ethyl adjacent to an activating group) is 1. The fraction of sp³-hybridized carbons (Fsp3) is 0.394. The van der Waals surface area contributed by atoms with E-state index >= 15 is 0 Å². The van der Waals surface area contributed by atoms with Gasteiger partial charge in [0.1, 0.15) is 30.0 Å². The zero-order valence-corrected chi connectivity index (χ0v) is 26.5. The number of nitrogens with one attached hydrogen (secondary N) is 4. The first-order valence-corrected chi connectivity index (χ1v) is 15.0. The normalized spacial score (nSPS) is 16.3. The van der Waals surface area contributed by atoms with E-state index in [0.717, 1.165) is 16.6 Å². The van der Waals surface area contributed by atoms with Crippen LogP contribution in [0.25, 0.3) is 21.8 Å². The Morgan fingerprint density at radius 2 is 1.84 bits per heavy atom. The number of nitrogens with zero attached hydrogens (tertiary/aromatic N) is 4. The summed E-state index contributed by atoms with van der Waals surface area (Å²) in [5.41, 5.74) is 2.19. The Bertz CT molecular complexity index is 1740. The molecule has 0 radical (unpaired) electrons. The highest BCUT2D eigenvalue weighted by atomic mass is 16.5. The molecule has 5 rings (SSSR count). The first kappa shape index (κ1) is 31.6. The van der Waals surface area contributed by atoms with Crippen molar-refractivity contribution in [3.63, 3.8) is 0 Å². The molecule has 45 heavy (non-hydrogen) atoms. The molecule has 0 aliphatic carbocycles. The maximum atomic E-state index is 13.9. The second kappa shape index (κ2) is 13.0. The standard InChI is InChI=1S/C33H40N8O4/c1-19(34-5)30(42)40-28(33(2,3)4)32(44)41-14-8-10-26(41)31(43)39-25-16-22-24(17-27(25)45-6)36-18-37-29(22)38-21-11-12-23-20(15-21)9-7-13-35-23/h7,9,11-13,15-19,26,28,34H,8,10,14H2,1-6H3,(H,39,43)(H,40,42)(H,36,37,38)/t19-,26-,28+/m0/s1. The molecule has 2 aromatic heterocycles. The second-order valence-electron chi connectivity index (χ2n) is 12.3. The lowest BCUT2D eigenvalue weighted by molar-refractivity contribution is -0.143. The predicted molar refractivity (Wildman–Crippen MR) is 174 cm³/mol. The molecule has 236 valence electrons. The largest absolute Gasteiger partial charge is 0.494 e. The SMILES string of the molecule is CN[C@@H](C)C(=O)N[C@H](C(=O)N1CCC[C@H]1C(=O)Nc1cc2c(Nc3ccc4ncccc4c3)ncnc2cc1OC)C(C)(C)C. The van der Waals surface area contributed by atoms with Crippen molar-refractivity contribution in [3.8, 4) is 5.75 Å². The summed E-state index contributed by atoms with van der Waals surface area (Å²) >= 11 is 0. The van der Waals surface area contributed by atoms with E-state index in [4.69, 9.17) is 4.74 Å². The van der Waals surface area contributed by atoms with Crippen molar-refractivity contribution >= 4 is 56.7 Å². The quantitative estimate of drug-likeness (QED) is 0.220. The van der Waals surface area contributed by atoms with E-state index in [1.54, 1.807) is 37.2 Å². The molecule has 12 nitrogen and oxygen atoms in total. The van der Waals surface area contributed by atoms with E-state index in [2.05, 4.69) is 36.2 Å². The van der Waals surface area contributed by atoms with E-state index in [1.165, 1.54) is 13.4 Å². The maximum Gasteiger partial charge on any atom is 0.247 e. The van der Waals surface area contributed by atoms with Crippen molar-refractivity contribution in [1.29, 1.82) is 0 Å². The first-order chi connectivity index (χ1) is 21.5. The molecule has 0 unspecified atom stereocenters. The molecule has 1 fully saturated rings. The third kappa shape index (κ3) is 6.80. The first-order valence-electron chi connectivity index (χ1n) is 15.0. The van der Waals surface area contributed by atoms with Crippen molar-refractivity contribution in [2.24, 2.45) is 5.41 Å². The van der Waals surface area contributed by atoms with E-state index in [9.17, 15) is 14.4 Å². The molecule has 0 bridgehead atoms. The zero-order chi connectivity index (χ0) is 32.3. The van der Waals surface area contributed by atoms with Crippen molar-refractivity contribution < 1.29 is 19.1 Å². The maximum absolute atomic E-state index is 13.9. The highest BCUT2D eigenvalue weighted by molar-refractivity contribution is 6.03. The van der Waals surface area contributed by atoms with Gasteiger partial charge in [-0.1, -0.05) is 26.8 Å². The van der Waals surface area contributed by atoms with Gasteiger partial charge in [-0.15, -0.1) is 0 Å². The lowest BCUT2D eigenvalue weighted by Crippen LogP contribution is -2.59. The Balaban J connectivity index is 1.40. The van der Waals surface area contributed by atoms with Gasteiger partial charge in [0, 0.05) is 35.3 Å². The third-order valence-corrected chi connectivity index (χ3v) is 8.14. The Hall–Kier alpha value is -4.84. The molecule has 4 aromatic rings. The van der Waals surface area contributed by atoms with E-state index in [-0.39, 0.29) is 17.7 Å². The summed E-state index contributed by atoms with van der Waals surface area (Å²) in [5, 5.41) is 13.8. The van der Waals surface area contributed by atoms with Crippen LogP contribution in [0.3, 0.4) is 0 Å². The molecule has 1 aliphatic rings. The summed E-state index contributed by atoms with van der Waals surface area (Å²) in [6, 6.07) is 11.2. The highest BCUT2D eigenvalue weighted by Crippen LogP contribution is 2.34. The molecular formula is C33H40N8O4. The molecule has 12 heteroatoms. The summed E-state index contributed by atoms with van der Waals surface area (Å²) in [4.78, 5) is 55.2. The van der Waals surface area contributed by atoms with Gasteiger partial charge >= 0.3 is 0 Å². The van der Waals surface area contributed by atoms with Crippen LogP contribution >= 0.6 is 0 Å². The number of benzene rings is 2. The Kier molecular flexibility index (Phi) is 9.14. The van der Waals surface area contributed by atoms with Gasteiger partial charge in [0.25, 0.3) is 0 Å². The van der Waals surface area contributed by atoms with Gasteiger partial charge in [0.15, 0.2) is 0 Å². The Labute approximate surface area is 262 Å². The topological polar surface area (TPSA) is 150 Å². The van der Waals surface area contributed by atoms with Crippen molar-refractivity contribution in [2.45, 2.75) is 58.7 Å². The number of pyridine rings is 1. The highest BCUT2D eigenvalue weighted by Gasteiger charge is 2.42. The third-order valence-electron chi connectivity index (χ3n) is 8.14. The van der Waals surface area contributed by atoms with Gasteiger partial charge in [-0.25, -0.2) is 9.97 Å². The van der Waals surface area contributed by atoms with Crippen LogP contribution in [0, 0.1) is 5.41 Å². The van der Waals surface area contributed by atoms with Crippen LogP contribution in [-0.4, -0.2) is 76.4 Å². The Morgan fingerprint density at radius 3 is 2.58 bits per heavy atom. The van der Waals surface area contributed by atoms with Crippen LogP contribution in [0.1, 0.15) is 40.5 Å². The molecule has 2 aromatic carbocycles. The number of hydrogen-bond donors (Lipinski definition) is 4. The minimum Gasteiger partial charge on any atom is -0.494 e. The van der Waals surface area contributed by atoms with E-state index < -0.39 is 23.5 Å². The molecule has 1 saturated heterocycles. The van der Waals surface area contributed by atoms with Gasteiger partial charge < -0.3 is 30.9 Å². The molecular weight excluding hydrogens is 572 g/mol. The van der Waals surface area contributed by atoms with Crippen LogP contribution < -0.4 is 26.0 Å². The summed E-state index contributed by atoms with van der Waals surface area (Å²) in [6.45, 7) is 7.83. The number of anilines is 3. The smallest absolute Gasteiger partial charge is 0.247 e. The zero-order valence-electron chi connectivity index (χ0n) is 26.5. The summed E-state index contributed by atoms with van der Waals surface area (Å²) in [6.07, 6.45) is 4.38. The van der Waals surface area contributed by atoms with Crippen molar-refractivity contribution in [1.82, 2.24) is 30.5 Å². The summed E-state index contributed by atoms with van der Waals surface area (Å²) in [7, 11) is 3.21. The lowest BCUT2D eigenvalue weighted by atomic mass is 9.85. The van der Waals surface area contributed by atoms with Crippen LogP contribution in [0.15, 0.2) is 55.0 Å². The Morgan fingerprint density at radius 1 is 1.04 bits per heavy atom. The fourth-order valence-corrected chi connectivity index (χ4v) is 5.47.